The van der Waals surface area contributed by atoms with Gasteiger partial charge < -0.3 is 20.1 Å². The second kappa shape index (κ2) is 8.28. The molecule has 2 N–H and O–H groups in total. The number of aliphatic hydroxyl groups is 1. The van der Waals surface area contributed by atoms with Gasteiger partial charge in [-0.3, -0.25) is 4.79 Å². The van der Waals surface area contributed by atoms with Crippen LogP contribution >= 0.6 is 11.3 Å². The lowest BCUT2D eigenvalue weighted by Gasteiger charge is -2.23. The zero-order valence-corrected chi connectivity index (χ0v) is 15.1. The van der Waals surface area contributed by atoms with E-state index in [-0.39, 0.29) is 12.5 Å². The average molecular weight is 348 g/mol. The van der Waals surface area contributed by atoms with Crippen LogP contribution in [0.25, 0.3) is 0 Å². The summed E-state index contributed by atoms with van der Waals surface area (Å²) in [5.41, 5.74) is 0.164. The fraction of sp³-hybridized carbons (Fsp3) is 0.389. The molecule has 24 heavy (non-hydrogen) atoms. The number of para-hydroxylation sites is 1. The molecule has 0 spiro atoms. The SMILES string of the molecule is CN(C)CCOc1ccccc1C(=O)NCC(C)(O)c1ccsc1. The van der Waals surface area contributed by atoms with Crippen molar-refractivity contribution in [1.29, 1.82) is 0 Å². The molecule has 2 rings (SSSR count). The maximum Gasteiger partial charge on any atom is 0.255 e. The molecule has 1 aromatic carbocycles. The highest BCUT2D eigenvalue weighted by molar-refractivity contribution is 7.08. The van der Waals surface area contributed by atoms with Crippen molar-refractivity contribution in [2.75, 3.05) is 33.8 Å². The molecule has 5 nitrogen and oxygen atoms in total. The zero-order chi connectivity index (χ0) is 17.6. The van der Waals surface area contributed by atoms with E-state index in [1.165, 1.54) is 11.3 Å². The van der Waals surface area contributed by atoms with E-state index in [4.69, 9.17) is 4.74 Å². The highest BCUT2D eigenvalue weighted by Crippen LogP contribution is 2.23. The summed E-state index contributed by atoms with van der Waals surface area (Å²) < 4.78 is 5.71. The topological polar surface area (TPSA) is 61.8 Å². The Balaban J connectivity index is 1.99. The first-order chi connectivity index (χ1) is 11.4. The summed E-state index contributed by atoms with van der Waals surface area (Å²) >= 11 is 1.51. The van der Waals surface area contributed by atoms with Crippen LogP contribution in [0, 0.1) is 0 Å². The van der Waals surface area contributed by atoms with Gasteiger partial charge in [0.1, 0.15) is 18.0 Å². The van der Waals surface area contributed by atoms with Crippen LogP contribution < -0.4 is 10.1 Å². The third-order valence-corrected chi connectivity index (χ3v) is 4.35. The molecule has 130 valence electrons. The highest BCUT2D eigenvalue weighted by Gasteiger charge is 2.25. The number of carbonyl (C=O) groups excluding carboxylic acids is 1. The van der Waals surface area contributed by atoms with Gasteiger partial charge in [-0.2, -0.15) is 11.3 Å². The summed E-state index contributed by atoms with van der Waals surface area (Å²) in [5, 5.41) is 17.1. The Kier molecular flexibility index (Phi) is 6.36. The maximum atomic E-state index is 12.5. The normalized spacial score (nSPS) is 13.5. The van der Waals surface area contributed by atoms with Crippen LogP contribution in [0.1, 0.15) is 22.8 Å². The fourth-order valence-electron chi connectivity index (χ4n) is 2.14. The second-order valence-corrected chi connectivity index (χ2v) is 6.90. The average Bonchev–Trinajstić information content (AvgIpc) is 3.08. The molecule has 1 heterocycles. The van der Waals surface area contributed by atoms with Gasteiger partial charge >= 0.3 is 0 Å². The van der Waals surface area contributed by atoms with Gasteiger partial charge in [-0.15, -0.1) is 0 Å². The van der Waals surface area contributed by atoms with E-state index in [0.29, 0.717) is 17.9 Å². The van der Waals surface area contributed by atoms with Crippen molar-refractivity contribution in [3.63, 3.8) is 0 Å². The monoisotopic (exact) mass is 348 g/mol. The van der Waals surface area contributed by atoms with Crippen LogP contribution in [0.2, 0.25) is 0 Å². The number of likely N-dealkylation sites (N-methyl/N-ethyl adjacent to an activating group) is 1. The molecular weight excluding hydrogens is 324 g/mol. The zero-order valence-electron chi connectivity index (χ0n) is 14.3. The number of amides is 1. The van der Waals surface area contributed by atoms with E-state index in [1.807, 2.05) is 41.9 Å². The number of nitrogens with zero attached hydrogens (tertiary/aromatic N) is 1. The molecule has 0 saturated carbocycles. The van der Waals surface area contributed by atoms with Crippen LogP contribution in [0.15, 0.2) is 41.1 Å². The minimum atomic E-state index is -1.10. The molecule has 0 saturated heterocycles. The molecule has 1 unspecified atom stereocenters. The minimum absolute atomic E-state index is 0.134. The summed E-state index contributed by atoms with van der Waals surface area (Å²) in [7, 11) is 3.93. The summed E-state index contributed by atoms with van der Waals surface area (Å²) in [6.07, 6.45) is 0. The first-order valence-electron chi connectivity index (χ1n) is 7.80. The highest BCUT2D eigenvalue weighted by atomic mass is 32.1. The van der Waals surface area contributed by atoms with E-state index >= 15 is 0 Å². The molecule has 0 aliphatic heterocycles. The third-order valence-electron chi connectivity index (χ3n) is 3.66. The van der Waals surface area contributed by atoms with E-state index in [1.54, 1.807) is 25.1 Å². The lowest BCUT2D eigenvalue weighted by atomic mass is 9.99. The van der Waals surface area contributed by atoms with Crippen LogP contribution in [0.3, 0.4) is 0 Å². The van der Waals surface area contributed by atoms with Crippen LogP contribution in [-0.2, 0) is 5.60 Å². The smallest absolute Gasteiger partial charge is 0.255 e. The van der Waals surface area contributed by atoms with Crippen molar-refractivity contribution < 1.29 is 14.6 Å². The van der Waals surface area contributed by atoms with E-state index < -0.39 is 5.60 Å². The quantitative estimate of drug-likeness (QED) is 0.769. The molecule has 0 fully saturated rings. The molecule has 6 heteroatoms. The van der Waals surface area contributed by atoms with Gasteiger partial charge in [0.2, 0.25) is 0 Å². The van der Waals surface area contributed by atoms with Crippen molar-refractivity contribution in [3.05, 3.63) is 52.2 Å². The van der Waals surface area contributed by atoms with Crippen LogP contribution in [-0.4, -0.2) is 49.7 Å². The number of benzene rings is 1. The summed E-state index contributed by atoms with van der Waals surface area (Å²) in [6, 6.07) is 8.99. The summed E-state index contributed by atoms with van der Waals surface area (Å²) in [5.74, 6) is 0.290. The molecule has 0 bridgehead atoms. The molecule has 1 aromatic heterocycles. The molecular formula is C18H24N2O3S. The Morgan fingerprint density at radius 3 is 2.75 bits per heavy atom. The number of carbonyl (C=O) groups is 1. The predicted octanol–water partition coefficient (Wildman–Crippen LogP) is 2.33. The van der Waals surface area contributed by atoms with Crippen molar-refractivity contribution in [2.24, 2.45) is 0 Å². The van der Waals surface area contributed by atoms with Gasteiger partial charge in [0.15, 0.2) is 0 Å². The number of ether oxygens (including phenoxy) is 1. The number of hydrogen-bond acceptors (Lipinski definition) is 5. The maximum absolute atomic E-state index is 12.5. The number of thiophene rings is 1. The molecule has 1 amide bonds. The summed E-state index contributed by atoms with van der Waals surface area (Å²) in [6.45, 7) is 3.09. The predicted molar refractivity (Wildman–Crippen MR) is 96.7 cm³/mol. The van der Waals surface area contributed by atoms with E-state index in [9.17, 15) is 9.90 Å². The minimum Gasteiger partial charge on any atom is -0.491 e. The van der Waals surface area contributed by atoms with Crippen LogP contribution in [0.4, 0.5) is 0 Å². The van der Waals surface area contributed by atoms with Crippen molar-refractivity contribution >= 4 is 17.2 Å². The lowest BCUT2D eigenvalue weighted by molar-refractivity contribution is 0.0529. The van der Waals surface area contributed by atoms with Gasteiger partial charge in [-0.05, 0) is 55.5 Å². The Bertz CT molecular complexity index is 654. The van der Waals surface area contributed by atoms with E-state index in [2.05, 4.69) is 5.32 Å². The first kappa shape index (κ1) is 18.4. The van der Waals surface area contributed by atoms with Gasteiger partial charge in [0.25, 0.3) is 5.91 Å². The number of nitrogens with one attached hydrogen (secondary N) is 1. The molecule has 0 aliphatic rings. The number of hydrogen-bond donors (Lipinski definition) is 2. The van der Waals surface area contributed by atoms with Gasteiger partial charge in [0.05, 0.1) is 12.1 Å². The van der Waals surface area contributed by atoms with Crippen LogP contribution in [0.5, 0.6) is 5.75 Å². The molecule has 0 radical (unpaired) electrons. The lowest BCUT2D eigenvalue weighted by Crippen LogP contribution is -2.38. The van der Waals surface area contributed by atoms with Gasteiger partial charge in [-0.25, -0.2) is 0 Å². The fourth-order valence-corrected chi connectivity index (χ4v) is 2.92. The Morgan fingerprint density at radius 2 is 2.08 bits per heavy atom. The van der Waals surface area contributed by atoms with E-state index in [0.717, 1.165) is 12.1 Å². The standard InChI is InChI=1S/C18H24N2O3S/c1-18(22,14-8-11-24-12-14)13-19-17(21)15-6-4-5-7-16(15)23-10-9-20(2)3/h4-8,11-12,22H,9-10,13H2,1-3H3,(H,19,21). The van der Waals surface area contributed by atoms with Gasteiger partial charge in [-0.1, -0.05) is 12.1 Å². The number of rotatable bonds is 8. The third kappa shape index (κ3) is 5.06. The summed E-state index contributed by atoms with van der Waals surface area (Å²) in [4.78, 5) is 14.5. The Labute approximate surface area is 146 Å². The largest absolute Gasteiger partial charge is 0.491 e. The molecule has 1 atom stereocenters. The van der Waals surface area contributed by atoms with Crippen molar-refractivity contribution in [1.82, 2.24) is 10.2 Å². The first-order valence-corrected chi connectivity index (χ1v) is 8.74. The van der Waals surface area contributed by atoms with Crippen molar-refractivity contribution in [2.45, 2.75) is 12.5 Å². The molecule has 2 aromatic rings. The van der Waals surface area contributed by atoms with Gasteiger partial charge in [0, 0.05) is 6.54 Å². The molecule has 0 aliphatic carbocycles. The second-order valence-electron chi connectivity index (χ2n) is 6.12. The Hall–Kier alpha value is -1.89. The van der Waals surface area contributed by atoms with Crippen molar-refractivity contribution in [3.8, 4) is 5.75 Å². The Morgan fingerprint density at radius 1 is 1.33 bits per heavy atom.